The number of piperidine rings is 1. The highest BCUT2D eigenvalue weighted by Gasteiger charge is 2.62. The fourth-order valence-electron chi connectivity index (χ4n) is 3.26. The smallest absolute Gasteiger partial charge is 0.301 e. The summed E-state index contributed by atoms with van der Waals surface area (Å²) in [6, 6.07) is -0.742. The lowest BCUT2D eigenvalue weighted by molar-refractivity contribution is -0.146. The number of imide groups is 2. The van der Waals surface area contributed by atoms with E-state index in [1.165, 1.54) is 24.2 Å². The topological polar surface area (TPSA) is 69.7 Å². The minimum absolute atomic E-state index is 0.189. The van der Waals surface area contributed by atoms with Crippen molar-refractivity contribution in [1.29, 1.82) is 0 Å². The van der Waals surface area contributed by atoms with Crippen LogP contribution in [0.4, 0.5) is 4.79 Å². The zero-order valence-corrected chi connectivity index (χ0v) is 11.9. The highest BCUT2D eigenvalue weighted by molar-refractivity contribution is 6.21. The molecular weight excluding hydrogens is 258 g/mol. The molecule has 1 aliphatic carbocycles. The first-order valence-electron chi connectivity index (χ1n) is 7.46. The van der Waals surface area contributed by atoms with Gasteiger partial charge in [0.1, 0.15) is 5.41 Å². The fraction of sp³-hybridized carbons (Fsp3) is 0.786. The summed E-state index contributed by atoms with van der Waals surface area (Å²) >= 11 is 0. The number of rotatable bonds is 3. The standard InChI is InChI=1S/C14H21N3O3/c1-10(9-16-7-3-2-4-8-16)17-12(19)14(5-6-14)11(18)15-13(17)20/h10H,2-9H2,1H3,(H,15,18,20). The van der Waals surface area contributed by atoms with Crippen LogP contribution < -0.4 is 5.32 Å². The van der Waals surface area contributed by atoms with E-state index in [1.807, 2.05) is 6.92 Å². The van der Waals surface area contributed by atoms with E-state index < -0.39 is 17.4 Å². The Labute approximate surface area is 118 Å². The molecule has 1 saturated carbocycles. The van der Waals surface area contributed by atoms with Gasteiger partial charge in [-0.2, -0.15) is 0 Å². The van der Waals surface area contributed by atoms with Crippen LogP contribution in [0.1, 0.15) is 39.0 Å². The Morgan fingerprint density at radius 1 is 1.15 bits per heavy atom. The zero-order chi connectivity index (χ0) is 14.3. The molecule has 1 atom stereocenters. The van der Waals surface area contributed by atoms with Gasteiger partial charge in [0.05, 0.1) is 6.04 Å². The lowest BCUT2D eigenvalue weighted by Crippen LogP contribution is -2.63. The molecule has 2 heterocycles. The summed E-state index contributed by atoms with van der Waals surface area (Å²) in [6.07, 6.45) is 4.74. The number of carbonyl (C=O) groups excluding carboxylic acids is 3. The van der Waals surface area contributed by atoms with Crippen LogP contribution in [0.5, 0.6) is 0 Å². The van der Waals surface area contributed by atoms with Gasteiger partial charge in [0.2, 0.25) is 11.8 Å². The van der Waals surface area contributed by atoms with Crippen molar-refractivity contribution in [3.63, 3.8) is 0 Å². The Bertz CT molecular complexity index is 453. The Morgan fingerprint density at radius 2 is 1.80 bits per heavy atom. The second-order valence-corrected chi connectivity index (χ2v) is 6.23. The molecule has 3 aliphatic rings. The second kappa shape index (κ2) is 4.84. The summed E-state index contributed by atoms with van der Waals surface area (Å²) in [5, 5.41) is 2.34. The first-order valence-corrected chi connectivity index (χ1v) is 7.46. The highest BCUT2D eigenvalue weighted by Crippen LogP contribution is 2.49. The van der Waals surface area contributed by atoms with Crippen LogP contribution in [-0.4, -0.2) is 53.3 Å². The highest BCUT2D eigenvalue weighted by atomic mass is 16.2. The van der Waals surface area contributed by atoms with E-state index in [4.69, 9.17) is 0 Å². The maximum absolute atomic E-state index is 12.4. The Kier molecular flexibility index (Phi) is 3.28. The van der Waals surface area contributed by atoms with E-state index in [-0.39, 0.29) is 11.9 Å². The molecule has 6 nitrogen and oxygen atoms in total. The van der Waals surface area contributed by atoms with Crippen LogP contribution in [0.3, 0.4) is 0 Å². The molecule has 2 saturated heterocycles. The first-order chi connectivity index (χ1) is 9.54. The molecule has 3 fully saturated rings. The lowest BCUT2D eigenvalue weighted by Gasteiger charge is -2.37. The first kappa shape index (κ1) is 13.5. The normalized spacial score (nSPS) is 27.6. The quantitative estimate of drug-likeness (QED) is 0.773. The van der Waals surface area contributed by atoms with Crippen LogP contribution in [0, 0.1) is 5.41 Å². The molecule has 6 heteroatoms. The summed E-state index contributed by atoms with van der Waals surface area (Å²) < 4.78 is 0. The van der Waals surface area contributed by atoms with E-state index in [0.717, 1.165) is 13.1 Å². The van der Waals surface area contributed by atoms with Gasteiger partial charge in [0, 0.05) is 6.54 Å². The summed E-state index contributed by atoms with van der Waals surface area (Å²) in [7, 11) is 0. The number of nitrogens with zero attached hydrogens (tertiary/aromatic N) is 2. The fourth-order valence-corrected chi connectivity index (χ4v) is 3.26. The second-order valence-electron chi connectivity index (χ2n) is 6.23. The van der Waals surface area contributed by atoms with E-state index in [1.54, 1.807) is 0 Å². The lowest BCUT2D eigenvalue weighted by atomic mass is 10.0. The van der Waals surface area contributed by atoms with Gasteiger partial charge in [-0.25, -0.2) is 4.79 Å². The molecule has 0 radical (unpaired) electrons. The molecule has 3 rings (SSSR count). The Morgan fingerprint density at radius 3 is 2.40 bits per heavy atom. The van der Waals surface area contributed by atoms with E-state index >= 15 is 0 Å². The summed E-state index contributed by atoms with van der Waals surface area (Å²) in [4.78, 5) is 39.7. The largest absolute Gasteiger partial charge is 0.331 e. The number of urea groups is 1. The van der Waals surface area contributed by atoms with Crippen LogP contribution in [-0.2, 0) is 9.59 Å². The van der Waals surface area contributed by atoms with Crippen molar-refractivity contribution in [2.75, 3.05) is 19.6 Å². The molecule has 1 spiro atoms. The SMILES string of the molecule is CC(CN1CCCCC1)N1C(=O)NC(=O)C2(CC2)C1=O. The van der Waals surface area contributed by atoms with Gasteiger partial charge in [-0.3, -0.25) is 19.8 Å². The molecule has 110 valence electrons. The number of likely N-dealkylation sites (tertiary alicyclic amines) is 1. The number of hydrogen-bond donors (Lipinski definition) is 1. The van der Waals surface area contributed by atoms with Crippen molar-refractivity contribution < 1.29 is 14.4 Å². The van der Waals surface area contributed by atoms with Crippen molar-refractivity contribution >= 4 is 17.8 Å². The molecule has 4 amide bonds. The van der Waals surface area contributed by atoms with Gasteiger partial charge in [0.25, 0.3) is 0 Å². The molecule has 20 heavy (non-hydrogen) atoms. The Hall–Kier alpha value is -1.43. The predicted octanol–water partition coefficient (Wildman–Crippen LogP) is 0.719. The van der Waals surface area contributed by atoms with Gasteiger partial charge in [-0.1, -0.05) is 6.42 Å². The van der Waals surface area contributed by atoms with Crippen molar-refractivity contribution in [2.45, 2.75) is 45.1 Å². The Balaban J connectivity index is 1.69. The van der Waals surface area contributed by atoms with Gasteiger partial charge in [-0.05, 0) is 45.7 Å². The average molecular weight is 279 g/mol. The van der Waals surface area contributed by atoms with Crippen molar-refractivity contribution in [2.24, 2.45) is 5.41 Å². The predicted molar refractivity (Wildman–Crippen MR) is 71.8 cm³/mol. The van der Waals surface area contributed by atoms with Gasteiger partial charge >= 0.3 is 6.03 Å². The summed E-state index contributed by atoms with van der Waals surface area (Å²) in [5.41, 5.74) is -0.927. The molecule has 0 aromatic heterocycles. The third-order valence-corrected chi connectivity index (χ3v) is 4.66. The van der Waals surface area contributed by atoms with E-state index in [9.17, 15) is 14.4 Å². The van der Waals surface area contributed by atoms with Crippen LogP contribution in [0.2, 0.25) is 0 Å². The molecule has 0 aromatic carbocycles. The van der Waals surface area contributed by atoms with Gasteiger partial charge in [-0.15, -0.1) is 0 Å². The number of carbonyl (C=O) groups is 3. The van der Waals surface area contributed by atoms with Crippen molar-refractivity contribution in [3.8, 4) is 0 Å². The van der Waals surface area contributed by atoms with Gasteiger partial charge in [0.15, 0.2) is 0 Å². The molecule has 2 aliphatic heterocycles. The third-order valence-electron chi connectivity index (χ3n) is 4.66. The summed E-state index contributed by atoms with van der Waals surface area (Å²) in [6.45, 7) is 4.64. The maximum Gasteiger partial charge on any atom is 0.331 e. The van der Waals surface area contributed by atoms with Crippen LogP contribution in [0.25, 0.3) is 0 Å². The van der Waals surface area contributed by atoms with E-state index in [2.05, 4.69) is 10.2 Å². The summed E-state index contributed by atoms with van der Waals surface area (Å²) in [5.74, 6) is -0.704. The van der Waals surface area contributed by atoms with Crippen molar-refractivity contribution in [3.05, 3.63) is 0 Å². The number of barbiturate groups is 1. The monoisotopic (exact) mass is 279 g/mol. The average Bonchev–Trinajstić information content (AvgIpc) is 3.19. The number of hydrogen-bond acceptors (Lipinski definition) is 4. The van der Waals surface area contributed by atoms with Crippen molar-refractivity contribution in [1.82, 2.24) is 15.1 Å². The third kappa shape index (κ3) is 2.12. The minimum atomic E-state index is -0.927. The molecule has 0 bridgehead atoms. The number of nitrogens with one attached hydrogen (secondary N) is 1. The van der Waals surface area contributed by atoms with Gasteiger partial charge < -0.3 is 4.90 Å². The van der Waals surface area contributed by atoms with E-state index in [0.29, 0.717) is 19.4 Å². The molecule has 0 aromatic rings. The number of amides is 4. The molecular formula is C14H21N3O3. The zero-order valence-electron chi connectivity index (χ0n) is 11.9. The molecule has 1 unspecified atom stereocenters. The van der Waals surface area contributed by atoms with Crippen LogP contribution >= 0.6 is 0 Å². The minimum Gasteiger partial charge on any atom is -0.301 e. The molecule has 1 N–H and O–H groups in total. The maximum atomic E-state index is 12.4. The van der Waals surface area contributed by atoms with Crippen LogP contribution in [0.15, 0.2) is 0 Å².